The second-order valence-corrected chi connectivity index (χ2v) is 5.72. The number of thioether (sulfide) groups is 1. The number of nitrogen functional groups attached to an aromatic ring is 1. The van der Waals surface area contributed by atoms with E-state index in [9.17, 15) is 4.39 Å². The molecule has 22 heavy (non-hydrogen) atoms. The zero-order chi connectivity index (χ0) is 15.7. The fourth-order valence-electron chi connectivity index (χ4n) is 2.04. The molecule has 0 aliphatic heterocycles. The molecule has 0 amide bonds. The summed E-state index contributed by atoms with van der Waals surface area (Å²) in [5.41, 5.74) is 2.44. The number of benzene rings is 1. The summed E-state index contributed by atoms with van der Waals surface area (Å²) in [6, 6.07) is 6.08. The highest BCUT2D eigenvalue weighted by molar-refractivity contribution is 7.98. The fourth-order valence-corrected chi connectivity index (χ4v) is 3.05. The molecular formula is C14H14FN5OS. The molecule has 0 aliphatic rings. The van der Waals surface area contributed by atoms with Crippen LogP contribution in [0, 0.1) is 19.7 Å². The third-order valence-corrected chi connectivity index (χ3v) is 4.24. The number of halogens is 1. The van der Waals surface area contributed by atoms with Gasteiger partial charge in [0.25, 0.3) is 0 Å². The monoisotopic (exact) mass is 319 g/mol. The highest BCUT2D eigenvalue weighted by Gasteiger charge is 2.15. The third-order valence-electron chi connectivity index (χ3n) is 3.27. The molecule has 0 bridgehead atoms. The number of hydrogen-bond acceptors (Lipinski definition) is 6. The minimum atomic E-state index is -0.342. The molecule has 0 radical (unpaired) electrons. The summed E-state index contributed by atoms with van der Waals surface area (Å²) < 4.78 is 19.8. The van der Waals surface area contributed by atoms with Gasteiger partial charge in [0.15, 0.2) is 5.82 Å². The van der Waals surface area contributed by atoms with Crippen molar-refractivity contribution in [2.75, 3.05) is 5.84 Å². The van der Waals surface area contributed by atoms with Crippen molar-refractivity contribution >= 4 is 11.8 Å². The first kappa shape index (κ1) is 14.6. The zero-order valence-corrected chi connectivity index (χ0v) is 12.9. The maximum absolute atomic E-state index is 13.3. The van der Waals surface area contributed by atoms with E-state index in [0.29, 0.717) is 22.3 Å². The lowest BCUT2D eigenvalue weighted by Crippen LogP contribution is -2.11. The molecular weight excluding hydrogens is 305 g/mol. The van der Waals surface area contributed by atoms with Gasteiger partial charge in [0.05, 0.1) is 5.69 Å². The van der Waals surface area contributed by atoms with Crippen molar-refractivity contribution in [1.82, 2.24) is 20.0 Å². The quantitative estimate of drug-likeness (QED) is 0.588. The van der Waals surface area contributed by atoms with E-state index in [4.69, 9.17) is 10.4 Å². The second kappa shape index (κ2) is 5.80. The number of rotatable bonds is 4. The summed E-state index contributed by atoms with van der Waals surface area (Å²) in [4.78, 5) is 0. The fraction of sp³-hybridized carbons (Fsp3) is 0.214. The lowest BCUT2D eigenvalue weighted by Gasteiger charge is -2.03. The number of nitrogens with zero attached hydrogens (tertiary/aromatic N) is 4. The Kier molecular flexibility index (Phi) is 3.84. The Morgan fingerprint density at radius 3 is 2.82 bits per heavy atom. The van der Waals surface area contributed by atoms with Gasteiger partial charge in [-0.05, 0) is 26.0 Å². The summed E-state index contributed by atoms with van der Waals surface area (Å²) in [5, 5.41) is 12.5. The van der Waals surface area contributed by atoms with Crippen molar-refractivity contribution < 1.29 is 8.91 Å². The lowest BCUT2D eigenvalue weighted by molar-refractivity contribution is 0.392. The molecule has 3 rings (SSSR count). The predicted octanol–water partition coefficient (Wildman–Crippen LogP) is 2.70. The highest BCUT2D eigenvalue weighted by Crippen LogP contribution is 2.26. The van der Waals surface area contributed by atoms with Crippen LogP contribution in [0.25, 0.3) is 11.4 Å². The van der Waals surface area contributed by atoms with Crippen LogP contribution in [0.1, 0.15) is 17.0 Å². The van der Waals surface area contributed by atoms with Gasteiger partial charge in [0.2, 0.25) is 5.16 Å². The molecule has 1 aromatic carbocycles. The first-order valence-corrected chi connectivity index (χ1v) is 7.56. The van der Waals surface area contributed by atoms with Gasteiger partial charge < -0.3 is 10.4 Å². The molecule has 2 aromatic heterocycles. The van der Waals surface area contributed by atoms with Gasteiger partial charge in [0.1, 0.15) is 11.6 Å². The average molecular weight is 319 g/mol. The molecule has 0 fully saturated rings. The zero-order valence-electron chi connectivity index (χ0n) is 12.1. The Hall–Kier alpha value is -2.35. The SMILES string of the molecule is Cc1noc(C)c1CSc1nnc(-c2cccc(F)c2)n1N. The molecule has 0 unspecified atom stereocenters. The molecule has 0 saturated carbocycles. The van der Waals surface area contributed by atoms with Gasteiger partial charge in [0, 0.05) is 16.9 Å². The van der Waals surface area contributed by atoms with E-state index in [1.54, 1.807) is 12.1 Å². The van der Waals surface area contributed by atoms with Crippen molar-refractivity contribution in [3.8, 4) is 11.4 Å². The number of nitrogens with two attached hydrogens (primary N) is 1. The van der Waals surface area contributed by atoms with Gasteiger partial charge in [-0.3, -0.25) is 0 Å². The molecule has 0 saturated heterocycles. The van der Waals surface area contributed by atoms with Crippen LogP contribution >= 0.6 is 11.8 Å². The van der Waals surface area contributed by atoms with Crippen LogP contribution in [0.15, 0.2) is 33.9 Å². The molecule has 2 N–H and O–H groups in total. The topological polar surface area (TPSA) is 82.8 Å². The third kappa shape index (κ3) is 2.69. The van der Waals surface area contributed by atoms with E-state index < -0.39 is 0 Å². The second-order valence-electron chi connectivity index (χ2n) is 4.78. The van der Waals surface area contributed by atoms with E-state index in [2.05, 4.69) is 15.4 Å². The van der Waals surface area contributed by atoms with E-state index in [-0.39, 0.29) is 5.82 Å². The van der Waals surface area contributed by atoms with E-state index in [1.165, 1.54) is 28.6 Å². The van der Waals surface area contributed by atoms with Gasteiger partial charge >= 0.3 is 0 Å². The average Bonchev–Trinajstić information content (AvgIpc) is 3.01. The Bertz CT molecular complexity index is 794. The van der Waals surface area contributed by atoms with Crippen molar-refractivity contribution in [3.05, 3.63) is 47.1 Å². The summed E-state index contributed by atoms with van der Waals surface area (Å²) in [6.45, 7) is 3.75. The smallest absolute Gasteiger partial charge is 0.210 e. The molecule has 8 heteroatoms. The van der Waals surface area contributed by atoms with Crippen LogP contribution in [0.3, 0.4) is 0 Å². The van der Waals surface area contributed by atoms with Crippen molar-refractivity contribution in [2.45, 2.75) is 24.8 Å². The molecule has 0 aliphatic carbocycles. The van der Waals surface area contributed by atoms with Gasteiger partial charge in [-0.25, -0.2) is 9.07 Å². The van der Waals surface area contributed by atoms with Crippen LogP contribution in [0.2, 0.25) is 0 Å². The van der Waals surface area contributed by atoms with Crippen molar-refractivity contribution in [2.24, 2.45) is 0 Å². The number of hydrogen-bond donors (Lipinski definition) is 1. The van der Waals surface area contributed by atoms with Crippen LogP contribution in [-0.2, 0) is 5.75 Å². The Morgan fingerprint density at radius 2 is 2.14 bits per heavy atom. The molecule has 2 heterocycles. The molecule has 114 valence electrons. The van der Waals surface area contributed by atoms with Crippen LogP contribution in [0.4, 0.5) is 4.39 Å². The first-order chi connectivity index (χ1) is 10.6. The summed E-state index contributed by atoms with van der Waals surface area (Å²) >= 11 is 1.42. The Labute approximate surface area is 130 Å². The number of aromatic nitrogens is 4. The largest absolute Gasteiger partial charge is 0.361 e. The van der Waals surface area contributed by atoms with Crippen LogP contribution in [-0.4, -0.2) is 20.0 Å². The van der Waals surface area contributed by atoms with Crippen molar-refractivity contribution in [3.63, 3.8) is 0 Å². The minimum Gasteiger partial charge on any atom is -0.361 e. The maximum atomic E-state index is 13.3. The van der Waals surface area contributed by atoms with Gasteiger partial charge in [-0.15, -0.1) is 10.2 Å². The standard InChI is InChI=1S/C14H14FN5OS/c1-8-12(9(2)21-19-8)7-22-14-18-17-13(20(14)16)10-4-3-5-11(15)6-10/h3-6H,7,16H2,1-2H3. The van der Waals surface area contributed by atoms with Gasteiger partial charge in [-0.2, -0.15) is 0 Å². The van der Waals surface area contributed by atoms with Crippen LogP contribution < -0.4 is 5.84 Å². The summed E-state index contributed by atoms with van der Waals surface area (Å²) in [6.07, 6.45) is 0. The number of aryl methyl sites for hydroxylation is 2. The first-order valence-electron chi connectivity index (χ1n) is 6.57. The molecule has 0 atom stereocenters. The molecule has 6 nitrogen and oxygen atoms in total. The Balaban J connectivity index is 1.82. The van der Waals surface area contributed by atoms with E-state index in [1.807, 2.05) is 13.8 Å². The summed E-state index contributed by atoms with van der Waals surface area (Å²) in [5.74, 6) is 7.49. The summed E-state index contributed by atoms with van der Waals surface area (Å²) in [7, 11) is 0. The van der Waals surface area contributed by atoms with Gasteiger partial charge in [-0.1, -0.05) is 29.1 Å². The van der Waals surface area contributed by atoms with Crippen molar-refractivity contribution in [1.29, 1.82) is 0 Å². The lowest BCUT2D eigenvalue weighted by atomic mass is 10.2. The Morgan fingerprint density at radius 1 is 1.32 bits per heavy atom. The minimum absolute atomic E-state index is 0.342. The molecule has 0 spiro atoms. The maximum Gasteiger partial charge on any atom is 0.210 e. The van der Waals surface area contributed by atoms with E-state index in [0.717, 1.165) is 17.0 Å². The normalized spacial score (nSPS) is 11.0. The van der Waals surface area contributed by atoms with Crippen LogP contribution in [0.5, 0.6) is 0 Å². The highest BCUT2D eigenvalue weighted by atomic mass is 32.2. The van der Waals surface area contributed by atoms with E-state index >= 15 is 0 Å². The molecule has 3 aromatic rings. The predicted molar refractivity (Wildman–Crippen MR) is 81.1 cm³/mol.